The molecule has 0 spiro atoms. The van der Waals surface area contributed by atoms with Crippen LogP contribution in [0.3, 0.4) is 0 Å². The van der Waals surface area contributed by atoms with Crippen LogP contribution in [0.15, 0.2) is 34.7 Å². The first-order valence-corrected chi connectivity index (χ1v) is 7.94. The van der Waals surface area contributed by atoms with Crippen LogP contribution < -0.4 is 5.32 Å². The van der Waals surface area contributed by atoms with Crippen molar-refractivity contribution >= 4 is 11.0 Å². The molecule has 0 aliphatic carbocycles. The Balaban J connectivity index is 2.10. The quantitative estimate of drug-likeness (QED) is 0.706. The molecule has 2 unspecified atom stereocenters. The zero-order chi connectivity index (χ0) is 14.4. The lowest BCUT2D eigenvalue weighted by Gasteiger charge is -2.20. The average molecular weight is 273 g/mol. The van der Waals surface area contributed by atoms with E-state index in [1.807, 2.05) is 19.2 Å². The first-order chi connectivity index (χ1) is 9.78. The van der Waals surface area contributed by atoms with Crippen molar-refractivity contribution in [1.82, 2.24) is 5.32 Å². The summed E-state index contributed by atoms with van der Waals surface area (Å²) in [7, 11) is 2.03. The van der Waals surface area contributed by atoms with E-state index in [0.29, 0.717) is 6.04 Å². The number of fused-ring (bicyclic) bond motifs is 1. The molecule has 20 heavy (non-hydrogen) atoms. The van der Waals surface area contributed by atoms with Gasteiger partial charge in [0.05, 0.1) is 6.04 Å². The zero-order valence-electron chi connectivity index (χ0n) is 13.0. The van der Waals surface area contributed by atoms with Gasteiger partial charge in [0, 0.05) is 5.39 Å². The second-order valence-electron chi connectivity index (χ2n) is 5.68. The average Bonchev–Trinajstić information content (AvgIpc) is 2.91. The maximum absolute atomic E-state index is 6.01. The summed E-state index contributed by atoms with van der Waals surface area (Å²) in [6.45, 7) is 4.56. The molecule has 1 aromatic carbocycles. The summed E-state index contributed by atoms with van der Waals surface area (Å²) >= 11 is 0. The van der Waals surface area contributed by atoms with E-state index >= 15 is 0 Å². The summed E-state index contributed by atoms with van der Waals surface area (Å²) in [6, 6.07) is 10.8. The smallest absolute Gasteiger partial charge is 0.134 e. The molecule has 2 atom stereocenters. The number of hydrogen-bond acceptors (Lipinski definition) is 2. The molecule has 110 valence electrons. The zero-order valence-corrected chi connectivity index (χ0v) is 13.0. The molecule has 0 bridgehead atoms. The van der Waals surface area contributed by atoms with Crippen molar-refractivity contribution in [3.05, 3.63) is 36.1 Å². The molecule has 2 aromatic rings. The van der Waals surface area contributed by atoms with Crippen LogP contribution in [0.5, 0.6) is 0 Å². The van der Waals surface area contributed by atoms with Crippen LogP contribution in [0.2, 0.25) is 0 Å². The van der Waals surface area contributed by atoms with Gasteiger partial charge in [0.25, 0.3) is 0 Å². The predicted octanol–water partition coefficient (Wildman–Crippen LogP) is 5.30. The van der Waals surface area contributed by atoms with Crippen molar-refractivity contribution in [2.75, 3.05) is 7.05 Å². The van der Waals surface area contributed by atoms with Crippen molar-refractivity contribution in [3.8, 4) is 0 Å². The summed E-state index contributed by atoms with van der Waals surface area (Å²) < 4.78 is 6.01. The van der Waals surface area contributed by atoms with Crippen molar-refractivity contribution in [2.24, 2.45) is 5.92 Å². The molecule has 0 saturated carbocycles. The Morgan fingerprint density at radius 3 is 2.65 bits per heavy atom. The number of nitrogens with one attached hydrogen (secondary N) is 1. The lowest BCUT2D eigenvalue weighted by molar-refractivity contribution is 0.334. The number of furan rings is 1. The van der Waals surface area contributed by atoms with Crippen LogP contribution >= 0.6 is 0 Å². The first kappa shape index (κ1) is 15.1. The topological polar surface area (TPSA) is 25.2 Å². The van der Waals surface area contributed by atoms with Gasteiger partial charge in [-0.25, -0.2) is 0 Å². The Morgan fingerprint density at radius 1 is 1.20 bits per heavy atom. The van der Waals surface area contributed by atoms with Crippen LogP contribution in [0, 0.1) is 5.92 Å². The second kappa shape index (κ2) is 7.49. The van der Waals surface area contributed by atoms with Crippen molar-refractivity contribution in [3.63, 3.8) is 0 Å². The molecule has 0 radical (unpaired) electrons. The Morgan fingerprint density at radius 2 is 2.00 bits per heavy atom. The minimum Gasteiger partial charge on any atom is -0.459 e. The van der Waals surface area contributed by atoms with Gasteiger partial charge in [0.2, 0.25) is 0 Å². The summed E-state index contributed by atoms with van der Waals surface area (Å²) in [5.74, 6) is 1.85. The molecule has 0 aliphatic rings. The highest BCUT2D eigenvalue weighted by atomic mass is 16.3. The summed E-state index contributed by atoms with van der Waals surface area (Å²) in [4.78, 5) is 0. The van der Waals surface area contributed by atoms with Crippen LogP contribution in [-0.4, -0.2) is 7.05 Å². The molecule has 2 rings (SSSR count). The number of unbranched alkanes of at least 4 members (excludes halogenated alkanes) is 1. The van der Waals surface area contributed by atoms with E-state index in [1.165, 1.54) is 31.1 Å². The van der Waals surface area contributed by atoms with Crippen LogP contribution in [-0.2, 0) is 0 Å². The highest BCUT2D eigenvalue weighted by molar-refractivity contribution is 5.77. The number of rotatable bonds is 8. The van der Waals surface area contributed by atoms with Gasteiger partial charge in [-0.15, -0.1) is 0 Å². The lowest BCUT2D eigenvalue weighted by Crippen LogP contribution is -2.19. The van der Waals surface area contributed by atoms with Crippen LogP contribution in [0.4, 0.5) is 0 Å². The van der Waals surface area contributed by atoms with E-state index in [0.717, 1.165) is 23.7 Å². The maximum atomic E-state index is 6.01. The van der Waals surface area contributed by atoms with E-state index in [-0.39, 0.29) is 0 Å². The first-order valence-electron chi connectivity index (χ1n) is 7.94. The fourth-order valence-corrected chi connectivity index (χ4v) is 2.87. The molecule has 0 saturated heterocycles. The minimum atomic E-state index is 0.323. The Hall–Kier alpha value is -1.28. The minimum absolute atomic E-state index is 0.323. The van der Waals surface area contributed by atoms with Crippen LogP contribution in [0.25, 0.3) is 11.0 Å². The molecule has 1 heterocycles. The van der Waals surface area contributed by atoms with E-state index in [9.17, 15) is 0 Å². The van der Waals surface area contributed by atoms with Gasteiger partial charge >= 0.3 is 0 Å². The monoisotopic (exact) mass is 273 g/mol. The second-order valence-corrected chi connectivity index (χ2v) is 5.68. The number of benzene rings is 1. The van der Waals surface area contributed by atoms with Crippen LogP contribution in [0.1, 0.15) is 57.8 Å². The molecule has 0 aliphatic heterocycles. The van der Waals surface area contributed by atoms with Gasteiger partial charge in [-0.05, 0) is 31.5 Å². The summed E-state index contributed by atoms with van der Waals surface area (Å²) in [5, 5.41) is 4.63. The number of hydrogen-bond donors (Lipinski definition) is 1. The Bertz CT molecular complexity index is 484. The van der Waals surface area contributed by atoms with E-state index in [1.54, 1.807) is 0 Å². The molecule has 1 N–H and O–H groups in total. The van der Waals surface area contributed by atoms with Gasteiger partial charge < -0.3 is 9.73 Å². The highest BCUT2D eigenvalue weighted by Gasteiger charge is 2.18. The highest BCUT2D eigenvalue weighted by Crippen LogP contribution is 2.30. The van der Waals surface area contributed by atoms with Gasteiger partial charge in [-0.1, -0.05) is 57.7 Å². The molecular weight excluding hydrogens is 246 g/mol. The molecular formula is C18H27NO. The molecule has 2 heteroatoms. The Labute approximate surface area is 122 Å². The predicted molar refractivity (Wildman–Crippen MR) is 85.9 cm³/mol. The summed E-state index contributed by atoms with van der Waals surface area (Å²) in [6.07, 6.45) is 6.34. The molecule has 0 fully saturated rings. The van der Waals surface area contributed by atoms with Gasteiger partial charge in [-0.3, -0.25) is 0 Å². The third-order valence-electron chi connectivity index (χ3n) is 4.25. The summed E-state index contributed by atoms with van der Waals surface area (Å²) in [5.41, 5.74) is 0.990. The standard InChI is InChI=1S/C18H27NO/c1-4-6-9-14(5-2)12-16(19-3)18-13-15-10-7-8-11-17(15)20-18/h7-8,10-11,13-14,16,19H,4-6,9,12H2,1-3H3. The third-order valence-corrected chi connectivity index (χ3v) is 4.25. The van der Waals surface area contributed by atoms with E-state index in [2.05, 4.69) is 37.4 Å². The van der Waals surface area contributed by atoms with Crippen molar-refractivity contribution in [2.45, 2.75) is 52.0 Å². The Kier molecular flexibility index (Phi) is 5.66. The lowest BCUT2D eigenvalue weighted by atomic mass is 9.91. The van der Waals surface area contributed by atoms with Gasteiger partial charge in [-0.2, -0.15) is 0 Å². The third kappa shape index (κ3) is 3.63. The normalized spacial score (nSPS) is 14.6. The fourth-order valence-electron chi connectivity index (χ4n) is 2.87. The maximum Gasteiger partial charge on any atom is 0.134 e. The fraction of sp³-hybridized carbons (Fsp3) is 0.556. The van der Waals surface area contributed by atoms with Crippen molar-refractivity contribution < 1.29 is 4.42 Å². The molecule has 2 nitrogen and oxygen atoms in total. The van der Waals surface area contributed by atoms with E-state index in [4.69, 9.17) is 4.42 Å². The largest absolute Gasteiger partial charge is 0.459 e. The molecule has 1 aromatic heterocycles. The van der Waals surface area contributed by atoms with Crippen molar-refractivity contribution in [1.29, 1.82) is 0 Å². The van der Waals surface area contributed by atoms with E-state index < -0.39 is 0 Å². The SMILES string of the molecule is CCCCC(CC)CC(NC)c1cc2ccccc2o1. The molecule has 0 amide bonds. The van der Waals surface area contributed by atoms with Gasteiger partial charge in [0.1, 0.15) is 11.3 Å². The number of para-hydroxylation sites is 1. The van der Waals surface area contributed by atoms with Gasteiger partial charge in [0.15, 0.2) is 0 Å².